The van der Waals surface area contributed by atoms with Crippen molar-refractivity contribution in [3.63, 3.8) is 0 Å². The molecule has 0 saturated heterocycles. The van der Waals surface area contributed by atoms with Gasteiger partial charge in [0.05, 0.1) is 17.8 Å². The molecule has 1 aromatic carbocycles. The van der Waals surface area contributed by atoms with Crippen LogP contribution in [-0.4, -0.2) is 20.9 Å². The van der Waals surface area contributed by atoms with Gasteiger partial charge in [0.1, 0.15) is 0 Å². The van der Waals surface area contributed by atoms with E-state index in [4.69, 9.17) is 16.7 Å². The summed E-state index contributed by atoms with van der Waals surface area (Å²) in [6, 6.07) is 9.16. The van der Waals surface area contributed by atoms with Crippen LogP contribution < -0.4 is 0 Å². The fourth-order valence-electron chi connectivity index (χ4n) is 1.89. The zero-order valence-corrected chi connectivity index (χ0v) is 11.6. The molecule has 0 bridgehead atoms. The quantitative estimate of drug-likeness (QED) is 0.934. The Morgan fingerprint density at radius 2 is 2.00 bits per heavy atom. The number of aliphatic carboxylic acids is 1. The average Bonchev–Trinajstić information content (AvgIpc) is 2.73. The third-order valence-electron chi connectivity index (χ3n) is 2.78. The third-order valence-corrected chi connectivity index (χ3v) is 3.03. The van der Waals surface area contributed by atoms with Crippen molar-refractivity contribution < 1.29 is 9.90 Å². The summed E-state index contributed by atoms with van der Waals surface area (Å²) in [6.07, 6.45) is -0.0691. The number of rotatable bonds is 4. The second-order valence-corrected chi connectivity index (χ2v) is 5.11. The second kappa shape index (κ2) is 5.45. The number of carboxylic acids is 1. The van der Waals surface area contributed by atoms with Gasteiger partial charge in [0.15, 0.2) is 0 Å². The highest BCUT2D eigenvalue weighted by atomic mass is 35.5. The van der Waals surface area contributed by atoms with Crippen molar-refractivity contribution in [2.75, 3.05) is 0 Å². The molecule has 19 heavy (non-hydrogen) atoms. The molecule has 0 atom stereocenters. The Balaban J connectivity index is 2.45. The van der Waals surface area contributed by atoms with Crippen molar-refractivity contribution in [2.45, 2.75) is 26.2 Å². The molecule has 2 rings (SSSR count). The van der Waals surface area contributed by atoms with E-state index in [1.165, 1.54) is 0 Å². The van der Waals surface area contributed by atoms with Gasteiger partial charge in [-0.3, -0.25) is 4.79 Å². The van der Waals surface area contributed by atoms with Crippen LogP contribution in [0.4, 0.5) is 0 Å². The molecule has 0 radical (unpaired) electrons. The van der Waals surface area contributed by atoms with Crippen LogP contribution in [0.1, 0.15) is 31.2 Å². The predicted molar refractivity (Wildman–Crippen MR) is 74.0 cm³/mol. The lowest BCUT2D eigenvalue weighted by Crippen LogP contribution is -2.04. The Bertz CT molecular complexity index is 588. The standard InChI is InChI=1S/C14H15ClN2O2/c1-9(2)13-7-11(8-14(18)19)16-17(13)12-5-3-10(15)4-6-12/h3-7,9H,8H2,1-2H3,(H,18,19). The van der Waals surface area contributed by atoms with Crippen molar-refractivity contribution in [1.29, 1.82) is 0 Å². The van der Waals surface area contributed by atoms with Gasteiger partial charge in [-0.15, -0.1) is 0 Å². The minimum Gasteiger partial charge on any atom is -0.481 e. The van der Waals surface area contributed by atoms with Crippen molar-refractivity contribution in [2.24, 2.45) is 0 Å². The van der Waals surface area contributed by atoms with E-state index < -0.39 is 5.97 Å². The molecular formula is C14H15ClN2O2. The molecule has 0 amide bonds. The number of halogens is 1. The van der Waals surface area contributed by atoms with E-state index in [1.54, 1.807) is 16.8 Å². The first-order chi connectivity index (χ1) is 8.97. The van der Waals surface area contributed by atoms with Gasteiger partial charge in [-0.2, -0.15) is 5.10 Å². The number of benzene rings is 1. The number of hydrogen-bond donors (Lipinski definition) is 1. The highest BCUT2D eigenvalue weighted by Crippen LogP contribution is 2.21. The summed E-state index contributed by atoms with van der Waals surface area (Å²) in [5.41, 5.74) is 2.43. The molecule has 2 aromatic rings. The molecule has 4 nitrogen and oxygen atoms in total. The highest BCUT2D eigenvalue weighted by Gasteiger charge is 2.14. The van der Waals surface area contributed by atoms with E-state index in [0.717, 1.165) is 11.4 Å². The number of aromatic nitrogens is 2. The average molecular weight is 279 g/mol. The molecule has 1 heterocycles. The Kier molecular flexibility index (Phi) is 3.90. The van der Waals surface area contributed by atoms with Crippen LogP contribution in [0, 0.1) is 0 Å². The van der Waals surface area contributed by atoms with Crippen LogP contribution in [0.3, 0.4) is 0 Å². The predicted octanol–water partition coefficient (Wildman–Crippen LogP) is 3.28. The maximum Gasteiger partial charge on any atom is 0.309 e. The fraction of sp³-hybridized carbons (Fsp3) is 0.286. The van der Waals surface area contributed by atoms with Gasteiger partial charge < -0.3 is 5.11 Å². The maximum absolute atomic E-state index is 10.8. The SMILES string of the molecule is CC(C)c1cc(CC(=O)O)nn1-c1ccc(Cl)cc1. The maximum atomic E-state index is 10.8. The van der Waals surface area contributed by atoms with Crippen LogP contribution in [0.15, 0.2) is 30.3 Å². The number of hydrogen-bond acceptors (Lipinski definition) is 2. The number of nitrogens with zero attached hydrogens (tertiary/aromatic N) is 2. The summed E-state index contributed by atoms with van der Waals surface area (Å²) in [5, 5.41) is 13.9. The first-order valence-corrected chi connectivity index (χ1v) is 6.41. The van der Waals surface area contributed by atoms with Gasteiger partial charge in [-0.05, 0) is 36.2 Å². The first-order valence-electron chi connectivity index (χ1n) is 6.04. The lowest BCUT2D eigenvalue weighted by molar-refractivity contribution is -0.136. The molecule has 0 aliphatic heterocycles. The Labute approximate surface area is 116 Å². The highest BCUT2D eigenvalue weighted by molar-refractivity contribution is 6.30. The Hall–Kier alpha value is -1.81. The molecule has 0 saturated carbocycles. The van der Waals surface area contributed by atoms with Gasteiger partial charge in [0.25, 0.3) is 0 Å². The van der Waals surface area contributed by atoms with Gasteiger partial charge in [0, 0.05) is 10.7 Å². The molecule has 0 fully saturated rings. The summed E-state index contributed by atoms with van der Waals surface area (Å²) in [5.74, 6) is -0.623. The van der Waals surface area contributed by atoms with Crippen molar-refractivity contribution in [3.8, 4) is 5.69 Å². The molecule has 100 valence electrons. The molecule has 0 aliphatic rings. The smallest absolute Gasteiger partial charge is 0.309 e. The summed E-state index contributed by atoms with van der Waals surface area (Å²) in [6.45, 7) is 4.10. The van der Waals surface area contributed by atoms with E-state index in [1.807, 2.05) is 32.0 Å². The lowest BCUT2D eigenvalue weighted by atomic mass is 10.1. The normalized spacial score (nSPS) is 10.9. The second-order valence-electron chi connectivity index (χ2n) is 4.67. The van der Waals surface area contributed by atoms with E-state index in [-0.39, 0.29) is 12.3 Å². The molecule has 1 N–H and O–H groups in total. The van der Waals surface area contributed by atoms with E-state index in [2.05, 4.69) is 5.10 Å². The summed E-state index contributed by atoms with van der Waals surface area (Å²) >= 11 is 5.87. The van der Waals surface area contributed by atoms with Gasteiger partial charge >= 0.3 is 5.97 Å². The summed E-state index contributed by atoms with van der Waals surface area (Å²) in [4.78, 5) is 10.8. The zero-order valence-electron chi connectivity index (χ0n) is 10.8. The topological polar surface area (TPSA) is 55.1 Å². The van der Waals surface area contributed by atoms with Gasteiger partial charge in [-0.25, -0.2) is 4.68 Å². The fourth-order valence-corrected chi connectivity index (χ4v) is 2.01. The van der Waals surface area contributed by atoms with Crippen LogP contribution in [-0.2, 0) is 11.2 Å². The van der Waals surface area contributed by atoms with Crippen LogP contribution in [0.25, 0.3) is 5.69 Å². The molecule has 0 aliphatic carbocycles. The Morgan fingerprint density at radius 1 is 1.37 bits per heavy atom. The zero-order chi connectivity index (χ0) is 14.0. The summed E-state index contributed by atoms with van der Waals surface area (Å²) in [7, 11) is 0. The van der Waals surface area contributed by atoms with Crippen LogP contribution >= 0.6 is 11.6 Å². The largest absolute Gasteiger partial charge is 0.481 e. The minimum absolute atomic E-state index is 0.0691. The molecule has 5 heteroatoms. The van der Waals surface area contributed by atoms with E-state index in [9.17, 15) is 4.79 Å². The molecular weight excluding hydrogens is 264 g/mol. The number of carboxylic acid groups (broad SMARTS) is 1. The van der Waals surface area contributed by atoms with E-state index >= 15 is 0 Å². The van der Waals surface area contributed by atoms with Gasteiger partial charge in [0.2, 0.25) is 0 Å². The molecule has 1 aromatic heterocycles. The molecule has 0 spiro atoms. The van der Waals surface area contributed by atoms with Gasteiger partial charge in [-0.1, -0.05) is 25.4 Å². The van der Waals surface area contributed by atoms with Crippen LogP contribution in [0.5, 0.6) is 0 Å². The first kappa shape index (κ1) is 13.6. The van der Waals surface area contributed by atoms with Crippen LogP contribution in [0.2, 0.25) is 5.02 Å². The summed E-state index contributed by atoms with van der Waals surface area (Å²) < 4.78 is 1.78. The van der Waals surface area contributed by atoms with E-state index in [0.29, 0.717) is 10.7 Å². The van der Waals surface area contributed by atoms with Crippen molar-refractivity contribution in [1.82, 2.24) is 9.78 Å². The lowest BCUT2D eigenvalue weighted by Gasteiger charge is -2.09. The van der Waals surface area contributed by atoms with Crippen molar-refractivity contribution in [3.05, 3.63) is 46.7 Å². The number of carbonyl (C=O) groups is 1. The van der Waals surface area contributed by atoms with Crippen molar-refractivity contribution >= 4 is 17.6 Å². The monoisotopic (exact) mass is 278 g/mol. The molecule has 0 unspecified atom stereocenters. The Morgan fingerprint density at radius 3 is 2.53 bits per heavy atom. The third kappa shape index (κ3) is 3.15. The minimum atomic E-state index is -0.879.